The van der Waals surface area contributed by atoms with Crippen LogP contribution in [0.3, 0.4) is 0 Å². The van der Waals surface area contributed by atoms with E-state index in [1.807, 2.05) is 12.1 Å². The second-order valence-electron chi connectivity index (χ2n) is 20.7. The molecule has 3 aromatic heterocycles. The van der Waals surface area contributed by atoms with Gasteiger partial charge in [0.1, 0.15) is 11.2 Å². The minimum Gasteiger partial charge on any atom is -0.455 e. The summed E-state index contributed by atoms with van der Waals surface area (Å²) < 4.78 is 8.95. The van der Waals surface area contributed by atoms with Gasteiger partial charge in [0.05, 0.1) is 16.6 Å². The molecule has 15 rings (SSSR count). The van der Waals surface area contributed by atoms with E-state index in [-0.39, 0.29) is 0 Å². The normalized spacial score (nSPS) is 11.7. The van der Waals surface area contributed by atoms with E-state index in [0.717, 1.165) is 99.4 Å². The Morgan fingerprint density at radius 2 is 0.679 bits per heavy atom. The fourth-order valence-corrected chi connectivity index (χ4v) is 17.1. The van der Waals surface area contributed by atoms with Crippen molar-refractivity contribution in [2.24, 2.45) is 0 Å². The van der Waals surface area contributed by atoms with Gasteiger partial charge >= 0.3 is 0 Å². The van der Waals surface area contributed by atoms with Crippen LogP contribution in [0.15, 0.2) is 308 Å². The molecule has 3 heterocycles. The lowest BCUT2D eigenvalue weighted by Gasteiger charge is -2.35. The fraction of sp³-hybridized carbons (Fsp3) is 0. The molecule has 6 heteroatoms. The number of para-hydroxylation sites is 3. The Labute approximate surface area is 470 Å². The van der Waals surface area contributed by atoms with Crippen LogP contribution in [0, 0.1) is 0 Å². The average Bonchev–Trinajstić information content (AvgIpc) is 4.29. The van der Waals surface area contributed by atoms with Crippen LogP contribution in [0.5, 0.6) is 0 Å². The minimum atomic E-state index is -3.35. The summed E-state index contributed by atoms with van der Waals surface area (Å²) in [5.74, 6) is 1.58. The lowest BCUT2D eigenvalue weighted by Crippen LogP contribution is -2.74. The van der Waals surface area contributed by atoms with Crippen molar-refractivity contribution in [1.82, 2.24) is 19.5 Å². The maximum Gasteiger partial charge on any atom is 0.238 e. The molecule has 380 valence electrons. The van der Waals surface area contributed by atoms with Crippen molar-refractivity contribution in [3.05, 3.63) is 303 Å². The number of hydrogen-bond acceptors (Lipinski definition) is 4. The highest BCUT2D eigenvalue weighted by Crippen LogP contribution is 2.38. The van der Waals surface area contributed by atoms with Crippen LogP contribution in [-0.4, -0.2) is 27.6 Å². The van der Waals surface area contributed by atoms with Crippen molar-refractivity contribution >= 4 is 72.6 Å². The van der Waals surface area contributed by atoms with Crippen LogP contribution in [0.4, 0.5) is 0 Å². The number of fused-ring (bicyclic) bond motifs is 6. The van der Waals surface area contributed by atoms with Crippen molar-refractivity contribution < 1.29 is 4.42 Å². The molecule has 0 amide bonds. The van der Waals surface area contributed by atoms with Crippen molar-refractivity contribution in [2.45, 2.75) is 0 Å². The smallest absolute Gasteiger partial charge is 0.238 e. The first-order valence-corrected chi connectivity index (χ1v) is 29.5. The molecule has 81 heavy (non-hydrogen) atoms. The quantitative estimate of drug-likeness (QED) is 0.0957. The topological polar surface area (TPSA) is 56.7 Å². The first kappa shape index (κ1) is 47.7. The first-order chi connectivity index (χ1) is 40.1. The highest BCUT2D eigenvalue weighted by molar-refractivity contribution is 7.20. The molecule has 12 aromatic carbocycles. The number of aromatic nitrogens is 4. The Bertz CT molecular complexity index is 4620. The molecule has 5 nitrogen and oxygen atoms in total. The number of hydrogen-bond donors (Lipinski definition) is 0. The molecule has 0 saturated heterocycles. The third-order valence-electron chi connectivity index (χ3n) is 16.0. The highest BCUT2D eigenvalue weighted by Gasteiger charge is 2.42. The molecular formula is C75H50N4OSi. The summed E-state index contributed by atoms with van der Waals surface area (Å²) in [6, 6.07) is 109. The van der Waals surface area contributed by atoms with Gasteiger partial charge in [-0.2, -0.15) is 9.97 Å². The van der Waals surface area contributed by atoms with Crippen molar-refractivity contribution in [2.75, 3.05) is 0 Å². The summed E-state index contributed by atoms with van der Waals surface area (Å²) in [5.41, 5.74) is 14.5. The van der Waals surface area contributed by atoms with Gasteiger partial charge in [-0.25, -0.2) is 4.98 Å². The summed E-state index contributed by atoms with van der Waals surface area (Å²) in [5, 5.41) is 9.22. The van der Waals surface area contributed by atoms with Crippen LogP contribution >= 0.6 is 0 Å². The predicted molar refractivity (Wildman–Crippen MR) is 338 cm³/mol. The molecule has 0 radical (unpaired) electrons. The molecule has 15 aromatic rings. The van der Waals surface area contributed by atoms with Crippen molar-refractivity contribution in [3.63, 3.8) is 0 Å². The molecule has 0 unspecified atom stereocenters. The lowest BCUT2D eigenvalue weighted by molar-refractivity contribution is 0.669. The average molecular weight is 1050 g/mol. The van der Waals surface area contributed by atoms with Gasteiger partial charge in [-0.3, -0.25) is 4.57 Å². The minimum absolute atomic E-state index is 0.511. The van der Waals surface area contributed by atoms with Crippen LogP contribution in [-0.2, 0) is 0 Å². The van der Waals surface area contributed by atoms with E-state index in [9.17, 15) is 0 Å². The molecule has 0 atom stereocenters. The first-order valence-electron chi connectivity index (χ1n) is 27.5. The summed E-state index contributed by atoms with van der Waals surface area (Å²) >= 11 is 0. The molecular weight excluding hydrogens is 1000 g/mol. The van der Waals surface area contributed by atoms with Crippen LogP contribution in [0.25, 0.3) is 117 Å². The van der Waals surface area contributed by atoms with Gasteiger partial charge in [0.2, 0.25) is 5.95 Å². The van der Waals surface area contributed by atoms with Gasteiger partial charge in [0.15, 0.2) is 19.7 Å². The van der Waals surface area contributed by atoms with E-state index in [1.54, 1.807) is 0 Å². The van der Waals surface area contributed by atoms with Gasteiger partial charge in [-0.15, -0.1) is 0 Å². The SMILES string of the molecule is c1ccc(-c2cccc([Si](c3cccc(-c4ccccc4)c3)(c3cccc(-c4ccccc4)c3)c3cccc(-c4nc(-c5cccc6c5oc5ccccc56)nc(-n5c6ccccc6c6cc(-c7ccccc7)ccc65)n4)c3)c2)cc1. The van der Waals surface area contributed by atoms with Crippen molar-refractivity contribution in [1.29, 1.82) is 0 Å². The summed E-state index contributed by atoms with van der Waals surface area (Å²) in [6.45, 7) is 0. The fourth-order valence-electron chi connectivity index (χ4n) is 12.2. The molecule has 0 fully saturated rings. The Morgan fingerprint density at radius 1 is 0.272 bits per heavy atom. The Morgan fingerprint density at radius 3 is 1.23 bits per heavy atom. The van der Waals surface area contributed by atoms with Gasteiger partial charge in [-0.1, -0.05) is 273 Å². The second kappa shape index (κ2) is 20.0. The summed E-state index contributed by atoms with van der Waals surface area (Å²) in [7, 11) is -3.35. The van der Waals surface area contributed by atoms with E-state index in [4.69, 9.17) is 19.4 Å². The van der Waals surface area contributed by atoms with Crippen LogP contribution < -0.4 is 20.7 Å². The molecule has 0 spiro atoms. The third-order valence-corrected chi connectivity index (χ3v) is 20.7. The van der Waals surface area contributed by atoms with E-state index in [2.05, 4.69) is 296 Å². The Balaban J connectivity index is 1.01. The molecule has 0 N–H and O–H groups in total. The number of furan rings is 1. The van der Waals surface area contributed by atoms with E-state index in [1.165, 1.54) is 20.7 Å². The largest absolute Gasteiger partial charge is 0.455 e. The maximum atomic E-state index is 6.74. The zero-order valence-electron chi connectivity index (χ0n) is 44.1. The third kappa shape index (κ3) is 8.36. The van der Waals surface area contributed by atoms with Crippen LogP contribution in [0.2, 0.25) is 0 Å². The van der Waals surface area contributed by atoms with Crippen LogP contribution in [0.1, 0.15) is 0 Å². The van der Waals surface area contributed by atoms with Gasteiger partial charge in [0.25, 0.3) is 0 Å². The van der Waals surface area contributed by atoms with Gasteiger partial charge in [-0.05, 0) is 95.6 Å². The monoisotopic (exact) mass is 1050 g/mol. The van der Waals surface area contributed by atoms with Gasteiger partial charge < -0.3 is 4.42 Å². The van der Waals surface area contributed by atoms with E-state index >= 15 is 0 Å². The summed E-state index contributed by atoms with van der Waals surface area (Å²) in [6.07, 6.45) is 0. The second-order valence-corrected chi connectivity index (χ2v) is 24.5. The predicted octanol–water partition coefficient (Wildman–Crippen LogP) is 16.2. The number of benzene rings is 12. The molecule has 0 aliphatic carbocycles. The standard InChI is InChI=1S/C75H50N4OSi/c1-5-22-51(23-6-1)55-30-17-34-60(46-55)81(61-35-18-31-56(47-61)52-24-7-2-8-25-52,62-36-19-32-57(48-62)53-26-9-3-10-27-53)63-37-20-33-59(49-63)73-76-74(67-41-21-40-66-65-39-14-16-43-71(65)80-72(66)67)78-75(77-73)79-69-42-15-13-38-64(69)68-50-58(44-45-70(68)79)54-28-11-4-12-29-54/h1-50H. The number of rotatable bonds is 11. The van der Waals surface area contributed by atoms with Gasteiger partial charge in [0, 0.05) is 27.1 Å². The van der Waals surface area contributed by atoms with E-state index < -0.39 is 8.07 Å². The van der Waals surface area contributed by atoms with Crippen molar-refractivity contribution in [3.8, 4) is 73.2 Å². The molecule has 0 aliphatic rings. The lowest BCUT2D eigenvalue weighted by atomic mass is 10.0. The maximum absolute atomic E-state index is 6.74. The zero-order valence-corrected chi connectivity index (χ0v) is 45.1. The molecule has 0 bridgehead atoms. The Kier molecular flexibility index (Phi) is 11.8. The number of nitrogens with zero attached hydrogens (tertiary/aromatic N) is 4. The van der Waals surface area contributed by atoms with E-state index in [0.29, 0.717) is 17.6 Å². The highest BCUT2D eigenvalue weighted by atomic mass is 28.3. The zero-order chi connectivity index (χ0) is 53.7. The summed E-state index contributed by atoms with van der Waals surface area (Å²) in [4.78, 5) is 16.6. The Hall–Kier alpha value is -10.5. The molecule has 0 saturated carbocycles. The molecule has 0 aliphatic heterocycles.